The van der Waals surface area contributed by atoms with Crippen LogP contribution in [-0.4, -0.2) is 94.4 Å². The van der Waals surface area contributed by atoms with Gasteiger partial charge in [0.05, 0.1) is 19.6 Å². The summed E-state index contributed by atoms with van der Waals surface area (Å²) in [5.74, 6) is -6.36. The normalized spacial score (nSPS) is 23.2. The number of esters is 5. The molecule has 1 saturated heterocycles. The van der Waals surface area contributed by atoms with E-state index in [4.69, 9.17) is 28.4 Å². The fraction of sp³-hybridized carbons (Fsp3) is 0.609. The van der Waals surface area contributed by atoms with Gasteiger partial charge >= 0.3 is 35.8 Å². The van der Waals surface area contributed by atoms with Gasteiger partial charge in [-0.15, -0.1) is 0 Å². The fourth-order valence-corrected chi connectivity index (χ4v) is 4.38. The zero-order valence-corrected chi connectivity index (χ0v) is 23.0. The second-order valence-electron chi connectivity index (χ2n) is 8.82. The lowest BCUT2D eigenvalue weighted by atomic mass is 9.86. The van der Waals surface area contributed by atoms with Gasteiger partial charge in [0.15, 0.2) is 12.2 Å². The average molecular weight is 587 g/mol. The van der Waals surface area contributed by atoms with Gasteiger partial charge in [0.25, 0.3) is 5.72 Å². The molecule has 0 bridgehead atoms. The minimum Gasteiger partial charge on any atom is -0.464 e. The molecule has 0 unspecified atom stereocenters. The third-order valence-corrected chi connectivity index (χ3v) is 5.69. The summed E-state index contributed by atoms with van der Waals surface area (Å²) < 4.78 is 32.8. The molecule has 0 saturated carbocycles. The van der Waals surface area contributed by atoms with E-state index in [1.54, 1.807) is 0 Å². The summed E-state index contributed by atoms with van der Waals surface area (Å²) in [5.41, 5.74) is -2.51. The highest BCUT2D eigenvalue weighted by Crippen LogP contribution is 2.41. The van der Waals surface area contributed by atoms with Crippen LogP contribution in [0.3, 0.4) is 0 Å². The fourth-order valence-electron chi connectivity index (χ4n) is 4.38. The van der Waals surface area contributed by atoms with Crippen molar-refractivity contribution in [3.8, 4) is 0 Å². The van der Waals surface area contributed by atoms with Crippen LogP contribution in [0, 0.1) is 10.1 Å². The number of aromatic nitrogens is 2. The molecule has 6 atom stereocenters. The molecule has 1 aliphatic heterocycles. The number of nitrogens with one attached hydrogen (secondary N) is 1. The van der Waals surface area contributed by atoms with Gasteiger partial charge in [-0.3, -0.25) is 24.0 Å². The first-order chi connectivity index (χ1) is 19.1. The molecule has 1 fully saturated rings. The number of carbonyl (C=O) groups excluding carboxylic acids is 6. The Bertz CT molecular complexity index is 1200. The quantitative estimate of drug-likeness (QED) is 0.146. The van der Waals surface area contributed by atoms with Crippen LogP contribution in [0.2, 0.25) is 0 Å². The van der Waals surface area contributed by atoms with Crippen molar-refractivity contribution >= 4 is 41.7 Å². The first-order valence-corrected chi connectivity index (χ1v) is 12.0. The molecule has 2 rings (SSSR count). The van der Waals surface area contributed by atoms with Crippen molar-refractivity contribution in [3.63, 3.8) is 0 Å². The Morgan fingerprint density at radius 2 is 1.73 bits per heavy atom. The molecule has 1 amide bonds. The molecule has 226 valence electrons. The average Bonchev–Trinajstić information content (AvgIpc) is 3.36. The van der Waals surface area contributed by atoms with E-state index in [2.05, 4.69) is 10.3 Å². The maximum absolute atomic E-state index is 13.4. The third kappa shape index (κ3) is 7.96. The molecule has 1 aromatic rings. The maximum Gasteiger partial charge on any atom is 0.437 e. The van der Waals surface area contributed by atoms with Crippen molar-refractivity contribution in [3.05, 3.63) is 22.5 Å². The molecule has 0 aliphatic carbocycles. The highest BCUT2D eigenvalue weighted by atomic mass is 16.7. The van der Waals surface area contributed by atoms with Crippen molar-refractivity contribution in [2.75, 3.05) is 13.7 Å². The SMILES string of the molecule is COC(=O)[C@@]1(n2ccnc2[N+](=O)[O-])C[C@H](OC(C)=O)[C@@H](NC(C)=O)[C@H]([C@H](OC(C)=O)[C@@H](COC(C)=O)OC(C)=O)O1. The number of imidazole rings is 1. The van der Waals surface area contributed by atoms with Gasteiger partial charge in [0.1, 0.15) is 31.2 Å². The number of hydrogen-bond donors (Lipinski definition) is 1. The molecular weight excluding hydrogens is 556 g/mol. The third-order valence-electron chi connectivity index (χ3n) is 5.69. The van der Waals surface area contributed by atoms with E-state index in [-0.39, 0.29) is 0 Å². The number of methoxy groups -OCH3 is 1. The molecule has 0 spiro atoms. The number of ether oxygens (including phenoxy) is 6. The number of rotatable bonds is 11. The maximum atomic E-state index is 13.4. The van der Waals surface area contributed by atoms with Crippen LogP contribution in [0.15, 0.2) is 12.4 Å². The number of amides is 1. The minimum absolute atomic E-state index is 0.660. The highest BCUT2D eigenvalue weighted by molar-refractivity contribution is 5.78. The predicted octanol–water partition coefficient (Wildman–Crippen LogP) is -0.731. The van der Waals surface area contributed by atoms with Crippen molar-refractivity contribution in [1.29, 1.82) is 0 Å². The summed E-state index contributed by atoms with van der Waals surface area (Å²) in [6.07, 6.45) is -5.26. The summed E-state index contributed by atoms with van der Waals surface area (Å²) in [7, 11) is 0.956. The molecule has 0 radical (unpaired) electrons. The van der Waals surface area contributed by atoms with Gasteiger partial charge in [-0.05, 0) is 4.92 Å². The van der Waals surface area contributed by atoms with Crippen LogP contribution in [-0.2, 0) is 62.9 Å². The van der Waals surface area contributed by atoms with E-state index in [1.807, 2.05) is 0 Å². The Labute approximate surface area is 232 Å². The first kappa shape index (κ1) is 32.6. The Morgan fingerprint density at radius 1 is 1.10 bits per heavy atom. The topological polar surface area (TPSA) is 231 Å². The van der Waals surface area contributed by atoms with Gasteiger partial charge in [0, 0.05) is 34.6 Å². The predicted molar refractivity (Wildman–Crippen MR) is 129 cm³/mol. The molecule has 1 N–H and O–H groups in total. The van der Waals surface area contributed by atoms with Gasteiger partial charge in [-0.1, -0.05) is 4.98 Å². The van der Waals surface area contributed by atoms with E-state index in [9.17, 15) is 38.9 Å². The summed E-state index contributed by atoms with van der Waals surface area (Å²) in [6, 6.07) is -1.42. The van der Waals surface area contributed by atoms with Crippen molar-refractivity contribution in [1.82, 2.24) is 14.9 Å². The minimum atomic E-state index is -2.51. The van der Waals surface area contributed by atoms with Crippen LogP contribution >= 0.6 is 0 Å². The van der Waals surface area contributed by atoms with Gasteiger partial charge < -0.3 is 43.9 Å². The van der Waals surface area contributed by atoms with E-state index in [0.717, 1.165) is 54.1 Å². The van der Waals surface area contributed by atoms with Crippen LogP contribution in [0.1, 0.15) is 41.0 Å². The summed E-state index contributed by atoms with van der Waals surface area (Å²) in [6.45, 7) is 4.49. The Morgan fingerprint density at radius 3 is 2.22 bits per heavy atom. The lowest BCUT2D eigenvalue weighted by Crippen LogP contribution is -2.69. The molecule has 18 heteroatoms. The van der Waals surface area contributed by atoms with E-state index >= 15 is 0 Å². The monoisotopic (exact) mass is 586 g/mol. The van der Waals surface area contributed by atoms with Gasteiger partial charge in [0.2, 0.25) is 5.91 Å². The zero-order chi connectivity index (χ0) is 31.1. The van der Waals surface area contributed by atoms with E-state index < -0.39 is 95.8 Å². The molecule has 41 heavy (non-hydrogen) atoms. The van der Waals surface area contributed by atoms with Crippen LogP contribution in [0.5, 0.6) is 0 Å². The Hall–Kier alpha value is -4.61. The highest BCUT2D eigenvalue weighted by Gasteiger charge is 2.62. The largest absolute Gasteiger partial charge is 0.464 e. The number of carbonyl (C=O) groups is 6. The van der Waals surface area contributed by atoms with Crippen LogP contribution in [0.25, 0.3) is 0 Å². The first-order valence-electron chi connectivity index (χ1n) is 12.0. The van der Waals surface area contributed by atoms with Crippen molar-refractivity contribution in [2.45, 2.75) is 77.2 Å². The standard InChI is InChI=1S/C23H30N4O14/c1-11(28)25-18-16(38-13(3)30)9-23(21(33)36-6,26-8-7-24-22(26)27(34)35)41-20(18)19(40-15(5)32)17(39-14(4)31)10-37-12(2)29/h7-8,16-20H,9-10H2,1-6H3,(H,25,28)/t16-,17+,18+,19+,20+,23+/m0/s1. The van der Waals surface area contributed by atoms with Crippen LogP contribution < -0.4 is 5.32 Å². The smallest absolute Gasteiger partial charge is 0.437 e. The molecule has 0 aromatic carbocycles. The number of nitro groups is 1. The Balaban J connectivity index is 2.89. The number of nitrogens with zero attached hydrogens (tertiary/aromatic N) is 3. The lowest BCUT2D eigenvalue weighted by Gasteiger charge is -2.47. The zero-order valence-electron chi connectivity index (χ0n) is 23.0. The molecular formula is C23H30N4O14. The second kappa shape index (κ2) is 13.6. The summed E-state index contributed by atoms with van der Waals surface area (Å²) >= 11 is 0. The van der Waals surface area contributed by atoms with Crippen molar-refractivity contribution < 1.29 is 62.1 Å². The van der Waals surface area contributed by atoms with E-state index in [0.29, 0.717) is 4.57 Å². The molecule has 2 heterocycles. The Kier molecular flexibility index (Phi) is 10.8. The summed E-state index contributed by atoms with van der Waals surface area (Å²) in [5, 5.41) is 14.3. The molecule has 1 aromatic heterocycles. The number of hydrogen-bond acceptors (Lipinski definition) is 15. The van der Waals surface area contributed by atoms with Gasteiger partial charge in [-0.2, -0.15) is 4.57 Å². The lowest BCUT2D eigenvalue weighted by molar-refractivity contribution is -0.401. The molecule has 18 nitrogen and oxygen atoms in total. The van der Waals surface area contributed by atoms with Crippen LogP contribution in [0.4, 0.5) is 5.95 Å². The second-order valence-corrected chi connectivity index (χ2v) is 8.82. The van der Waals surface area contributed by atoms with E-state index in [1.165, 1.54) is 0 Å². The van der Waals surface area contributed by atoms with Crippen molar-refractivity contribution in [2.24, 2.45) is 0 Å². The summed E-state index contributed by atoms with van der Waals surface area (Å²) in [4.78, 5) is 88.1. The molecule has 1 aliphatic rings. The van der Waals surface area contributed by atoms with Gasteiger partial charge in [-0.25, -0.2) is 4.79 Å².